The molecule has 178 valence electrons. The molecular formula is C26H28N2O6. The highest BCUT2D eigenvalue weighted by molar-refractivity contribution is 6.32. The molecule has 1 spiro atoms. The number of amides is 1. The minimum Gasteiger partial charge on any atom is -0.497 e. The zero-order valence-corrected chi connectivity index (χ0v) is 19.2. The van der Waals surface area contributed by atoms with Crippen molar-refractivity contribution in [2.75, 3.05) is 38.2 Å². The molecule has 1 amide bonds. The quantitative estimate of drug-likeness (QED) is 0.480. The van der Waals surface area contributed by atoms with Gasteiger partial charge in [0.25, 0.3) is 0 Å². The predicted molar refractivity (Wildman–Crippen MR) is 123 cm³/mol. The number of rotatable bonds is 6. The van der Waals surface area contributed by atoms with Crippen molar-refractivity contribution in [1.82, 2.24) is 4.90 Å². The summed E-state index contributed by atoms with van der Waals surface area (Å²) in [4.78, 5) is 40.6. The molecule has 0 radical (unpaired) electrons. The molecule has 0 saturated carbocycles. The molecule has 1 atom stereocenters. The van der Waals surface area contributed by atoms with Crippen molar-refractivity contribution < 1.29 is 28.6 Å². The number of para-hydroxylation sites is 1. The average Bonchev–Trinajstić information content (AvgIpc) is 3.44. The average molecular weight is 465 g/mol. The smallest absolute Gasteiger partial charge is 0.421 e. The Labute approximate surface area is 198 Å². The van der Waals surface area contributed by atoms with E-state index in [-0.39, 0.29) is 6.42 Å². The summed E-state index contributed by atoms with van der Waals surface area (Å²) in [6, 6.07) is 16.0. The van der Waals surface area contributed by atoms with E-state index in [4.69, 9.17) is 14.2 Å². The molecule has 8 nitrogen and oxygen atoms in total. The van der Waals surface area contributed by atoms with E-state index < -0.39 is 23.6 Å². The van der Waals surface area contributed by atoms with Gasteiger partial charge in [-0.2, -0.15) is 0 Å². The standard InChI is InChI=1S/C26H28N2O6/c1-32-21-8-4-7-19(16-21)20-11-15-27(17-20)14-10-18-6-2-3-9-22(18)28-13-5-12-26(25(28)31)33-23(29)24(30)34-26/h2-4,6-9,16,20H,5,10-15,17H2,1H3. The van der Waals surface area contributed by atoms with E-state index in [0.717, 1.165) is 49.5 Å². The minimum atomic E-state index is -1.82. The Morgan fingerprint density at radius 1 is 1.03 bits per heavy atom. The topological polar surface area (TPSA) is 85.4 Å². The van der Waals surface area contributed by atoms with Gasteiger partial charge in [-0.3, -0.25) is 4.79 Å². The second-order valence-corrected chi connectivity index (χ2v) is 9.03. The number of nitrogens with zero attached hydrogens (tertiary/aromatic N) is 2. The van der Waals surface area contributed by atoms with Crippen molar-refractivity contribution in [1.29, 1.82) is 0 Å². The van der Waals surface area contributed by atoms with Crippen molar-refractivity contribution in [3.8, 4) is 5.75 Å². The first-order valence-corrected chi connectivity index (χ1v) is 11.7. The first-order chi connectivity index (χ1) is 16.5. The number of likely N-dealkylation sites (tertiary alicyclic amines) is 1. The summed E-state index contributed by atoms with van der Waals surface area (Å²) in [6.45, 7) is 3.34. The van der Waals surface area contributed by atoms with Gasteiger partial charge < -0.3 is 24.0 Å². The van der Waals surface area contributed by atoms with Crippen LogP contribution in [0.5, 0.6) is 5.75 Å². The third-order valence-electron chi connectivity index (χ3n) is 6.96. The normalized spacial score (nSPS) is 22.2. The maximum absolute atomic E-state index is 13.3. The molecule has 3 heterocycles. The highest BCUT2D eigenvalue weighted by Crippen LogP contribution is 2.36. The van der Waals surface area contributed by atoms with E-state index in [0.29, 0.717) is 18.9 Å². The third-order valence-corrected chi connectivity index (χ3v) is 6.96. The number of anilines is 1. The fourth-order valence-corrected chi connectivity index (χ4v) is 5.17. The van der Waals surface area contributed by atoms with Gasteiger partial charge in [0.05, 0.1) is 7.11 Å². The van der Waals surface area contributed by atoms with Crippen LogP contribution >= 0.6 is 0 Å². The van der Waals surface area contributed by atoms with Gasteiger partial charge in [-0.1, -0.05) is 30.3 Å². The monoisotopic (exact) mass is 464 g/mol. The van der Waals surface area contributed by atoms with Crippen molar-refractivity contribution in [3.63, 3.8) is 0 Å². The number of methoxy groups -OCH3 is 1. The lowest BCUT2D eigenvalue weighted by Gasteiger charge is -2.36. The Balaban J connectivity index is 1.26. The Morgan fingerprint density at radius 2 is 1.82 bits per heavy atom. The van der Waals surface area contributed by atoms with Crippen LogP contribution in [0.4, 0.5) is 5.69 Å². The van der Waals surface area contributed by atoms with Gasteiger partial charge in [-0.25, -0.2) is 9.59 Å². The molecule has 0 aromatic heterocycles. The number of hydrogen-bond donors (Lipinski definition) is 0. The number of carbonyl (C=O) groups is 3. The van der Waals surface area contributed by atoms with Crippen molar-refractivity contribution in [3.05, 3.63) is 59.7 Å². The van der Waals surface area contributed by atoms with Gasteiger partial charge in [0.1, 0.15) is 5.75 Å². The van der Waals surface area contributed by atoms with E-state index in [1.165, 1.54) is 5.56 Å². The van der Waals surface area contributed by atoms with Crippen LogP contribution in [0.3, 0.4) is 0 Å². The van der Waals surface area contributed by atoms with Crippen LogP contribution in [0.15, 0.2) is 48.5 Å². The molecule has 8 heteroatoms. The summed E-state index contributed by atoms with van der Waals surface area (Å²) in [6.07, 6.45) is 2.62. The van der Waals surface area contributed by atoms with Crippen molar-refractivity contribution in [2.45, 2.75) is 37.4 Å². The molecule has 3 aliphatic rings. The second-order valence-electron chi connectivity index (χ2n) is 9.03. The Morgan fingerprint density at radius 3 is 2.62 bits per heavy atom. The fourth-order valence-electron chi connectivity index (χ4n) is 5.17. The number of ether oxygens (including phenoxy) is 3. The van der Waals surface area contributed by atoms with Crippen LogP contribution in [0.25, 0.3) is 0 Å². The van der Waals surface area contributed by atoms with Crippen LogP contribution in [-0.4, -0.2) is 61.8 Å². The summed E-state index contributed by atoms with van der Waals surface area (Å²) in [7, 11) is 1.69. The fraction of sp³-hybridized carbons (Fsp3) is 0.423. The molecule has 3 saturated heterocycles. The van der Waals surface area contributed by atoms with Gasteiger partial charge in [0.15, 0.2) is 0 Å². The molecule has 0 N–H and O–H groups in total. The van der Waals surface area contributed by atoms with Crippen LogP contribution in [0.1, 0.15) is 36.3 Å². The van der Waals surface area contributed by atoms with Gasteiger partial charge in [0, 0.05) is 31.7 Å². The zero-order valence-electron chi connectivity index (χ0n) is 19.2. The summed E-state index contributed by atoms with van der Waals surface area (Å²) in [5.41, 5.74) is 3.11. The highest BCUT2D eigenvalue weighted by atomic mass is 16.8. The van der Waals surface area contributed by atoms with Crippen molar-refractivity contribution >= 4 is 23.5 Å². The molecule has 34 heavy (non-hydrogen) atoms. The molecule has 1 unspecified atom stereocenters. The lowest BCUT2D eigenvalue weighted by molar-refractivity contribution is -0.192. The first-order valence-electron chi connectivity index (χ1n) is 11.7. The minimum absolute atomic E-state index is 0.182. The Kier molecular flexibility index (Phi) is 6.00. The Bertz CT molecular complexity index is 1100. The predicted octanol–water partition coefficient (Wildman–Crippen LogP) is 2.65. The summed E-state index contributed by atoms with van der Waals surface area (Å²) in [5, 5.41) is 0. The van der Waals surface area contributed by atoms with Gasteiger partial charge in [-0.05, 0) is 61.1 Å². The lowest BCUT2D eigenvalue weighted by atomic mass is 9.98. The van der Waals surface area contributed by atoms with E-state index >= 15 is 0 Å². The number of carbonyl (C=O) groups excluding carboxylic acids is 3. The SMILES string of the molecule is COc1cccc(C2CCN(CCc3ccccc3N3CCCC4(OC(=O)C(=O)O4)C3=O)C2)c1. The molecule has 0 bridgehead atoms. The van der Waals surface area contributed by atoms with E-state index in [2.05, 4.69) is 17.0 Å². The van der Waals surface area contributed by atoms with Gasteiger partial charge in [0.2, 0.25) is 0 Å². The second kappa shape index (κ2) is 9.10. The van der Waals surface area contributed by atoms with E-state index in [1.54, 1.807) is 12.0 Å². The largest absolute Gasteiger partial charge is 0.497 e. The van der Waals surface area contributed by atoms with Crippen LogP contribution in [0.2, 0.25) is 0 Å². The number of esters is 2. The van der Waals surface area contributed by atoms with Crippen LogP contribution < -0.4 is 9.64 Å². The molecule has 5 rings (SSSR count). The van der Waals surface area contributed by atoms with Gasteiger partial charge >= 0.3 is 23.6 Å². The third kappa shape index (κ3) is 4.14. The number of benzene rings is 2. The lowest BCUT2D eigenvalue weighted by Crippen LogP contribution is -2.55. The molecule has 2 aromatic carbocycles. The maximum Gasteiger partial charge on any atom is 0.421 e. The molecular weight excluding hydrogens is 436 g/mol. The van der Waals surface area contributed by atoms with Crippen LogP contribution in [-0.2, 0) is 30.3 Å². The molecule has 3 fully saturated rings. The number of hydrogen-bond acceptors (Lipinski definition) is 7. The highest BCUT2D eigenvalue weighted by Gasteiger charge is 2.58. The summed E-state index contributed by atoms with van der Waals surface area (Å²) < 4.78 is 15.6. The first kappa shape index (κ1) is 22.4. The molecule has 3 aliphatic heterocycles. The van der Waals surface area contributed by atoms with E-state index in [9.17, 15) is 14.4 Å². The summed E-state index contributed by atoms with van der Waals surface area (Å²) >= 11 is 0. The Hall–Kier alpha value is -3.39. The van der Waals surface area contributed by atoms with Gasteiger partial charge in [-0.15, -0.1) is 0 Å². The maximum atomic E-state index is 13.3. The van der Waals surface area contributed by atoms with Crippen LogP contribution in [0, 0.1) is 0 Å². The molecule has 0 aliphatic carbocycles. The zero-order chi connectivity index (χ0) is 23.7. The van der Waals surface area contributed by atoms with Crippen molar-refractivity contribution in [2.24, 2.45) is 0 Å². The number of piperidine rings is 1. The summed E-state index contributed by atoms with van der Waals surface area (Å²) in [5.74, 6) is -3.18. The molecule has 2 aromatic rings. The van der Waals surface area contributed by atoms with E-state index in [1.807, 2.05) is 36.4 Å².